The summed E-state index contributed by atoms with van der Waals surface area (Å²) in [6, 6.07) is -4.25. The van der Waals surface area contributed by atoms with Gasteiger partial charge in [0.2, 0.25) is 17.7 Å². The molecular weight excluding hydrogens is 886 g/mol. The van der Waals surface area contributed by atoms with E-state index in [-0.39, 0.29) is 0 Å². The average molecular weight is 950 g/mol. The molecule has 25 atom stereocenters. The third-order valence-corrected chi connectivity index (χ3v) is 11.8. The number of aliphatic hydroxyl groups excluding tert-OH is 13. The predicted octanol–water partition coefficient (Wildman–Crippen LogP) is -10.4. The zero-order valence-electron chi connectivity index (χ0n) is 35.7. The highest BCUT2D eigenvalue weighted by Crippen LogP contribution is 2.36. The third-order valence-electron chi connectivity index (χ3n) is 11.8. The second-order valence-corrected chi connectivity index (χ2v) is 16.5. The van der Waals surface area contributed by atoms with E-state index in [1.807, 2.05) is 0 Å². The van der Waals surface area contributed by atoms with Gasteiger partial charge in [0.1, 0.15) is 116 Å². The molecule has 0 aromatic heterocycles. The summed E-state index contributed by atoms with van der Waals surface area (Å²) in [4.78, 5) is 36.4. The van der Waals surface area contributed by atoms with E-state index in [0.29, 0.717) is 0 Å². The third kappa shape index (κ3) is 11.9. The van der Waals surface area contributed by atoms with Crippen molar-refractivity contribution in [1.29, 1.82) is 0 Å². The van der Waals surface area contributed by atoms with Gasteiger partial charge in [-0.1, -0.05) is 0 Å². The van der Waals surface area contributed by atoms with Crippen molar-refractivity contribution < 1.29 is 123 Å². The predicted molar refractivity (Wildman–Crippen MR) is 205 cm³/mol. The van der Waals surface area contributed by atoms with E-state index in [9.17, 15) is 80.8 Å². The van der Waals surface area contributed by atoms with Crippen LogP contribution in [0.4, 0.5) is 0 Å². The Hall–Kier alpha value is -2.47. The summed E-state index contributed by atoms with van der Waals surface area (Å²) in [6.07, 6.45) is -38.5. The highest BCUT2D eigenvalue weighted by molar-refractivity contribution is 5.74. The Bertz CT molecular complexity index is 1560. The topological polar surface area (TPSA) is 433 Å². The van der Waals surface area contributed by atoms with E-state index in [1.54, 1.807) is 0 Å². The van der Waals surface area contributed by atoms with Gasteiger partial charge < -0.3 is 125 Å². The fraction of sp³-hybridized carbons (Fsp3) is 0.919. The Labute approximate surface area is 370 Å². The van der Waals surface area contributed by atoms with Crippen molar-refractivity contribution in [3.63, 3.8) is 0 Å². The van der Waals surface area contributed by atoms with Gasteiger partial charge in [-0.15, -0.1) is 0 Å². The van der Waals surface area contributed by atoms with Gasteiger partial charge in [-0.25, -0.2) is 0 Å². The lowest BCUT2D eigenvalue weighted by Crippen LogP contribution is -2.70. The van der Waals surface area contributed by atoms with Crippen LogP contribution in [0.3, 0.4) is 0 Å². The minimum Gasteiger partial charge on any atom is -0.394 e. The van der Waals surface area contributed by atoms with E-state index in [2.05, 4.69) is 16.0 Å². The first-order valence-corrected chi connectivity index (χ1v) is 20.9. The van der Waals surface area contributed by atoms with Crippen molar-refractivity contribution in [3.05, 3.63) is 0 Å². The number of hydrogen-bond donors (Lipinski definition) is 16. The molecule has 0 bridgehead atoms. The van der Waals surface area contributed by atoms with Crippen molar-refractivity contribution in [2.45, 2.75) is 181 Å². The quantitative estimate of drug-likeness (QED) is 0.0683. The Kier molecular flexibility index (Phi) is 19.1. The van der Waals surface area contributed by atoms with Crippen LogP contribution in [0.15, 0.2) is 0 Å². The average Bonchev–Trinajstić information content (AvgIpc) is 3.26. The van der Waals surface area contributed by atoms with Crippen LogP contribution in [0, 0.1) is 0 Å². The second-order valence-electron chi connectivity index (χ2n) is 16.5. The lowest BCUT2D eigenvalue weighted by molar-refractivity contribution is -0.391. The number of hydrogen-bond acceptors (Lipinski definition) is 25. The highest BCUT2D eigenvalue weighted by Gasteiger charge is 2.57. The monoisotopic (exact) mass is 949 g/mol. The summed E-state index contributed by atoms with van der Waals surface area (Å²) in [5, 5.41) is 147. The number of carbonyl (C=O) groups is 3. The molecule has 5 rings (SSSR count). The van der Waals surface area contributed by atoms with E-state index in [0.717, 1.165) is 13.8 Å². The maximum Gasteiger partial charge on any atom is 0.217 e. The van der Waals surface area contributed by atoms with Crippen LogP contribution in [-0.4, -0.2) is 270 Å². The molecule has 0 radical (unpaired) electrons. The summed E-state index contributed by atoms with van der Waals surface area (Å²) < 4.78 is 52.4. The molecule has 0 aromatic carbocycles. The van der Waals surface area contributed by atoms with Crippen molar-refractivity contribution >= 4 is 17.7 Å². The molecule has 5 fully saturated rings. The van der Waals surface area contributed by atoms with Gasteiger partial charge >= 0.3 is 0 Å². The molecule has 5 aliphatic heterocycles. The van der Waals surface area contributed by atoms with Crippen molar-refractivity contribution in [2.75, 3.05) is 33.0 Å². The molecule has 10 unspecified atom stereocenters. The van der Waals surface area contributed by atoms with Gasteiger partial charge in [-0.3, -0.25) is 14.4 Å². The molecule has 65 heavy (non-hydrogen) atoms. The maximum atomic E-state index is 12.5. The number of amides is 3. The zero-order valence-corrected chi connectivity index (χ0v) is 35.7. The van der Waals surface area contributed by atoms with Gasteiger partial charge in [0.15, 0.2) is 25.2 Å². The molecule has 0 spiro atoms. The fourth-order valence-corrected chi connectivity index (χ4v) is 8.47. The van der Waals surface area contributed by atoms with E-state index >= 15 is 0 Å². The van der Waals surface area contributed by atoms with Gasteiger partial charge in [-0.2, -0.15) is 0 Å². The summed E-state index contributed by atoms with van der Waals surface area (Å²) in [7, 11) is 0. The molecule has 5 heterocycles. The molecule has 0 aliphatic carbocycles. The van der Waals surface area contributed by atoms with E-state index < -0.39 is 204 Å². The molecule has 16 N–H and O–H groups in total. The van der Waals surface area contributed by atoms with Gasteiger partial charge in [0, 0.05) is 20.8 Å². The van der Waals surface area contributed by atoms with Crippen LogP contribution in [0.2, 0.25) is 0 Å². The van der Waals surface area contributed by atoms with Crippen LogP contribution in [0.25, 0.3) is 0 Å². The second kappa shape index (κ2) is 23.2. The molecule has 376 valence electrons. The molecule has 5 aliphatic rings. The van der Waals surface area contributed by atoms with Crippen LogP contribution in [-0.2, 0) is 57.0 Å². The standard InChI is InChI=1S/C37H63N3O25/c1-10-19(38-11(2)46)26(53)30(17(8-44)57-10)62-35-21(40-13(4)48)27(54)31(18(9-45)61-35)63-36-29(56)32(24(51)16(7-43)59-36)64-37-33(28(55)23(50)15(6-42)60-37)65-34-20(39-12(3)47)25(52)22(49)14(5-41)58-34/h10,14-37,41-45,49-56H,5-9H2,1-4H3,(H,38,46)(H,39,47)(H,40,48)/t10-,14?,15+,16?,17?,18?,19?,20?,21?,22+,23+,24+,25+,26+,27+,28?,29?,30+,31+,32-,33?,34-,35-,36-,37+/m0/s1. The Morgan fingerprint density at radius 2 is 0.738 bits per heavy atom. The highest BCUT2D eigenvalue weighted by atomic mass is 16.8. The van der Waals surface area contributed by atoms with E-state index in [1.165, 1.54) is 13.8 Å². The van der Waals surface area contributed by atoms with Crippen LogP contribution >= 0.6 is 0 Å². The SMILES string of the molecule is CC(=O)NC1[C@H](OC2C(O)[C@H](O)[C@@H](CO)O[C@@H]2O[C@@H]2C(O)[C@H](O[C@@H]3C(CO)O[C@@H](O[C@@H]4C(CO)O[C@@H](C)C(NC(C)=O)[C@H]4O)C(NC(C)=O)[C@H]3O)OC(CO)[C@H]2O)OC(CO)[C@@H](O)[C@@H]1O. The normalized spacial score (nSPS) is 47.1. The summed E-state index contributed by atoms with van der Waals surface area (Å²) in [6.45, 7) is 0.416. The molecular formula is C37H63N3O25. The number of carbonyl (C=O) groups excluding carboxylic acids is 3. The fourth-order valence-electron chi connectivity index (χ4n) is 8.47. The van der Waals surface area contributed by atoms with Gasteiger partial charge in [0.05, 0.1) is 45.2 Å². The first-order valence-electron chi connectivity index (χ1n) is 20.9. The number of nitrogens with one attached hydrogen (secondary N) is 3. The Morgan fingerprint density at radius 3 is 1.25 bits per heavy atom. The summed E-state index contributed by atoms with van der Waals surface area (Å²) in [5.41, 5.74) is 0. The lowest BCUT2D eigenvalue weighted by atomic mass is 9.92. The van der Waals surface area contributed by atoms with Crippen LogP contribution in [0.5, 0.6) is 0 Å². The van der Waals surface area contributed by atoms with Crippen molar-refractivity contribution in [1.82, 2.24) is 16.0 Å². The molecule has 0 saturated carbocycles. The van der Waals surface area contributed by atoms with Crippen molar-refractivity contribution in [2.24, 2.45) is 0 Å². The largest absolute Gasteiger partial charge is 0.394 e. The number of rotatable bonds is 16. The maximum absolute atomic E-state index is 12.5. The minimum atomic E-state index is -2.17. The van der Waals surface area contributed by atoms with Crippen LogP contribution < -0.4 is 16.0 Å². The summed E-state index contributed by atoms with van der Waals surface area (Å²) in [5.74, 6) is -2.02. The summed E-state index contributed by atoms with van der Waals surface area (Å²) >= 11 is 0. The van der Waals surface area contributed by atoms with Crippen molar-refractivity contribution in [3.8, 4) is 0 Å². The van der Waals surface area contributed by atoms with Gasteiger partial charge in [-0.05, 0) is 6.92 Å². The molecule has 0 aromatic rings. The first kappa shape index (κ1) is 53.5. The minimum absolute atomic E-state index is 0.530. The Balaban J connectivity index is 1.40. The van der Waals surface area contributed by atoms with Crippen LogP contribution in [0.1, 0.15) is 27.7 Å². The lowest BCUT2D eigenvalue weighted by Gasteiger charge is -2.50. The van der Waals surface area contributed by atoms with Gasteiger partial charge in [0.25, 0.3) is 0 Å². The molecule has 5 saturated heterocycles. The smallest absolute Gasteiger partial charge is 0.217 e. The number of ether oxygens (including phenoxy) is 9. The molecule has 28 heteroatoms. The molecule has 3 amide bonds. The van der Waals surface area contributed by atoms with E-state index in [4.69, 9.17) is 42.6 Å². The zero-order chi connectivity index (χ0) is 48.2. The number of aliphatic hydroxyl groups is 13. The Morgan fingerprint density at radius 1 is 0.385 bits per heavy atom. The first-order chi connectivity index (χ1) is 30.7. The molecule has 28 nitrogen and oxygen atoms in total.